The zero-order valence-corrected chi connectivity index (χ0v) is 16.0. The topological polar surface area (TPSA) is 134 Å². The van der Waals surface area contributed by atoms with Crippen molar-refractivity contribution in [3.8, 4) is 0 Å². The van der Waals surface area contributed by atoms with Crippen LogP contribution in [0.2, 0.25) is 18.1 Å². The molecule has 0 aliphatic carbocycles. The molecule has 9 nitrogen and oxygen atoms in total. The van der Waals surface area contributed by atoms with Gasteiger partial charge in [-0.1, -0.05) is 25.9 Å². The number of hydrogen-bond acceptors (Lipinski definition) is 7. The van der Waals surface area contributed by atoms with Gasteiger partial charge in [-0.3, -0.25) is 4.79 Å². The van der Waals surface area contributed by atoms with Crippen molar-refractivity contribution in [2.45, 2.75) is 76.5 Å². The Balaban J connectivity index is 3.02. The van der Waals surface area contributed by atoms with Crippen LogP contribution in [0.3, 0.4) is 0 Å². The van der Waals surface area contributed by atoms with Gasteiger partial charge in [-0.15, -0.1) is 0 Å². The van der Waals surface area contributed by atoms with E-state index in [4.69, 9.17) is 19.4 Å². The fraction of sp³-hybridized carbons (Fsp3) is 0.929. The van der Waals surface area contributed by atoms with E-state index in [1.165, 1.54) is 6.92 Å². The van der Waals surface area contributed by atoms with Gasteiger partial charge in [0.15, 0.2) is 14.6 Å². The predicted molar refractivity (Wildman–Crippen MR) is 88.5 cm³/mol. The molecule has 1 rings (SSSR count). The standard InChI is InChI=1S/C14H27N3O6Si/c1-8(18)21-7-9-11(19)12(20)10(16-17-15)13(22-9)23-24(5,6)14(2,3)4/h9-13,19-20H,7H2,1-6H3/t9-,10-,11-,12-,13+/m1/s1. The van der Waals surface area contributed by atoms with Gasteiger partial charge in [-0.2, -0.15) is 0 Å². The molecular formula is C14H27N3O6Si. The first kappa shape index (κ1) is 20.9. The molecule has 0 aromatic rings. The SMILES string of the molecule is CC(=O)OC[C@H]1O[C@@H](O[Si](C)(C)C(C)(C)C)[C@H](N=[N+]=[N-])[C@@H](O)[C@@H]1O. The molecule has 0 unspecified atom stereocenters. The lowest BCUT2D eigenvalue weighted by molar-refractivity contribution is -0.245. The maximum absolute atomic E-state index is 11.0. The summed E-state index contributed by atoms with van der Waals surface area (Å²) in [6, 6.07) is -1.09. The number of nitrogens with zero attached hydrogens (tertiary/aromatic N) is 3. The summed E-state index contributed by atoms with van der Waals surface area (Å²) >= 11 is 0. The van der Waals surface area contributed by atoms with E-state index in [2.05, 4.69) is 10.0 Å². The highest BCUT2D eigenvalue weighted by Crippen LogP contribution is 2.39. The van der Waals surface area contributed by atoms with Crippen molar-refractivity contribution in [2.75, 3.05) is 6.61 Å². The van der Waals surface area contributed by atoms with Crippen molar-refractivity contribution in [3.63, 3.8) is 0 Å². The van der Waals surface area contributed by atoms with Crippen LogP contribution in [0.1, 0.15) is 27.7 Å². The fourth-order valence-electron chi connectivity index (χ4n) is 2.00. The van der Waals surface area contributed by atoms with E-state index in [9.17, 15) is 15.0 Å². The lowest BCUT2D eigenvalue weighted by atomic mass is 9.98. The highest BCUT2D eigenvalue weighted by Gasteiger charge is 2.49. The molecular weight excluding hydrogens is 334 g/mol. The van der Waals surface area contributed by atoms with E-state index >= 15 is 0 Å². The number of aliphatic hydroxyl groups excluding tert-OH is 2. The summed E-state index contributed by atoms with van der Waals surface area (Å²) < 4.78 is 16.6. The number of azide groups is 1. The zero-order chi connectivity index (χ0) is 18.7. The Morgan fingerprint density at radius 1 is 1.33 bits per heavy atom. The second-order valence-corrected chi connectivity index (χ2v) is 12.2. The smallest absolute Gasteiger partial charge is 0.302 e. The first-order valence-electron chi connectivity index (χ1n) is 7.77. The van der Waals surface area contributed by atoms with Gasteiger partial charge in [0.1, 0.15) is 24.9 Å². The number of ether oxygens (including phenoxy) is 2. The fourth-order valence-corrected chi connectivity index (χ4v) is 3.13. The summed E-state index contributed by atoms with van der Waals surface area (Å²) in [6.07, 6.45) is -4.74. The highest BCUT2D eigenvalue weighted by atomic mass is 28.4. The van der Waals surface area contributed by atoms with E-state index < -0.39 is 44.9 Å². The van der Waals surface area contributed by atoms with Crippen molar-refractivity contribution in [3.05, 3.63) is 10.4 Å². The predicted octanol–water partition coefficient (Wildman–Crippen LogP) is 1.70. The second-order valence-electron chi connectivity index (χ2n) is 7.40. The molecule has 10 heteroatoms. The minimum Gasteiger partial charge on any atom is -0.463 e. The van der Waals surface area contributed by atoms with Crippen LogP contribution in [0.5, 0.6) is 0 Å². The molecule has 0 aromatic heterocycles. The molecule has 1 saturated heterocycles. The number of aliphatic hydroxyl groups is 2. The summed E-state index contributed by atoms with van der Waals surface area (Å²) in [6.45, 7) is 11.1. The van der Waals surface area contributed by atoms with Crippen molar-refractivity contribution < 1.29 is 28.9 Å². The molecule has 0 saturated carbocycles. The monoisotopic (exact) mass is 361 g/mol. The molecule has 5 atom stereocenters. The number of carbonyl (C=O) groups is 1. The molecule has 1 aliphatic heterocycles. The Kier molecular flexibility index (Phi) is 6.80. The van der Waals surface area contributed by atoms with E-state index in [-0.39, 0.29) is 11.6 Å². The van der Waals surface area contributed by atoms with Gasteiger partial charge < -0.3 is 24.1 Å². The van der Waals surface area contributed by atoms with Gasteiger partial charge in [0.05, 0.1) is 6.10 Å². The summed E-state index contributed by atoms with van der Waals surface area (Å²) in [5.74, 6) is -0.528. The Hall–Kier alpha value is -1.16. The maximum atomic E-state index is 11.0. The first-order chi connectivity index (χ1) is 10.9. The van der Waals surface area contributed by atoms with E-state index in [0.29, 0.717) is 0 Å². The Bertz CT molecular complexity index is 503. The van der Waals surface area contributed by atoms with Crippen molar-refractivity contribution >= 4 is 14.3 Å². The number of carbonyl (C=O) groups excluding carboxylic acids is 1. The summed E-state index contributed by atoms with van der Waals surface area (Å²) in [7, 11) is -2.30. The zero-order valence-electron chi connectivity index (χ0n) is 15.0. The third-order valence-electron chi connectivity index (χ3n) is 4.52. The average Bonchev–Trinajstić information content (AvgIpc) is 2.43. The Labute approximate surface area is 142 Å². The average molecular weight is 361 g/mol. The van der Waals surface area contributed by atoms with Crippen LogP contribution in [0.15, 0.2) is 5.11 Å². The number of rotatable bonds is 5. The molecule has 1 heterocycles. The van der Waals surface area contributed by atoms with Crippen LogP contribution in [-0.2, 0) is 18.7 Å². The maximum Gasteiger partial charge on any atom is 0.302 e. The van der Waals surface area contributed by atoms with Crippen LogP contribution >= 0.6 is 0 Å². The molecule has 0 bridgehead atoms. The number of hydrogen-bond donors (Lipinski definition) is 2. The van der Waals surface area contributed by atoms with E-state index in [1.54, 1.807) is 0 Å². The molecule has 0 amide bonds. The van der Waals surface area contributed by atoms with Crippen molar-refractivity contribution in [2.24, 2.45) is 5.11 Å². The van der Waals surface area contributed by atoms with E-state index in [0.717, 1.165) is 0 Å². The minimum absolute atomic E-state index is 0.135. The van der Waals surface area contributed by atoms with Gasteiger partial charge in [0.2, 0.25) is 0 Å². The Morgan fingerprint density at radius 2 is 1.92 bits per heavy atom. The molecule has 1 fully saturated rings. The van der Waals surface area contributed by atoms with Gasteiger partial charge in [0, 0.05) is 11.8 Å². The van der Waals surface area contributed by atoms with Crippen LogP contribution in [0, 0.1) is 0 Å². The molecule has 0 aromatic carbocycles. The third kappa shape index (κ3) is 4.92. The lowest BCUT2D eigenvalue weighted by Crippen LogP contribution is -2.61. The van der Waals surface area contributed by atoms with Crippen LogP contribution in [-0.4, -0.2) is 61.8 Å². The normalized spacial score (nSPS) is 31.2. The van der Waals surface area contributed by atoms with Gasteiger partial charge in [-0.05, 0) is 23.7 Å². The third-order valence-corrected chi connectivity index (χ3v) is 8.96. The molecule has 1 aliphatic rings. The molecule has 138 valence electrons. The van der Waals surface area contributed by atoms with Crippen molar-refractivity contribution in [1.29, 1.82) is 0 Å². The highest BCUT2D eigenvalue weighted by molar-refractivity contribution is 6.74. The summed E-state index contributed by atoms with van der Waals surface area (Å²) in [4.78, 5) is 13.7. The largest absolute Gasteiger partial charge is 0.463 e. The quantitative estimate of drug-likeness (QED) is 0.252. The van der Waals surface area contributed by atoms with Gasteiger partial charge in [0.25, 0.3) is 0 Å². The van der Waals surface area contributed by atoms with Crippen molar-refractivity contribution in [1.82, 2.24) is 0 Å². The van der Waals surface area contributed by atoms with Crippen LogP contribution in [0.4, 0.5) is 0 Å². The molecule has 24 heavy (non-hydrogen) atoms. The molecule has 0 spiro atoms. The van der Waals surface area contributed by atoms with Gasteiger partial charge >= 0.3 is 5.97 Å². The van der Waals surface area contributed by atoms with Gasteiger partial charge in [-0.25, -0.2) is 0 Å². The molecule has 2 N–H and O–H groups in total. The summed E-state index contributed by atoms with van der Waals surface area (Å²) in [5.41, 5.74) is 8.74. The van der Waals surface area contributed by atoms with Crippen LogP contribution < -0.4 is 0 Å². The molecule has 0 radical (unpaired) electrons. The Morgan fingerprint density at radius 3 is 2.38 bits per heavy atom. The minimum atomic E-state index is -2.30. The first-order valence-corrected chi connectivity index (χ1v) is 10.7. The van der Waals surface area contributed by atoms with Crippen LogP contribution in [0.25, 0.3) is 10.4 Å². The summed E-state index contributed by atoms with van der Waals surface area (Å²) in [5, 5.41) is 23.8. The number of esters is 1. The second kappa shape index (κ2) is 7.81. The lowest BCUT2D eigenvalue weighted by Gasteiger charge is -2.46. The van der Waals surface area contributed by atoms with E-state index in [1.807, 2.05) is 33.9 Å².